The van der Waals surface area contributed by atoms with E-state index in [1.54, 1.807) is 6.92 Å². The van der Waals surface area contributed by atoms with Crippen molar-refractivity contribution >= 4 is 5.91 Å². The number of amides is 1. The predicted octanol–water partition coefficient (Wildman–Crippen LogP) is 1.04. The molecular weight excluding hydrogens is 202 g/mol. The number of benzene rings is 1. The van der Waals surface area contributed by atoms with Crippen molar-refractivity contribution in [2.45, 2.75) is 13.0 Å². The Kier molecular flexibility index (Phi) is 3.74. The molecule has 3 nitrogen and oxygen atoms in total. The fourth-order valence-corrected chi connectivity index (χ4v) is 1.03. The Morgan fingerprint density at radius 2 is 2.20 bits per heavy atom. The van der Waals surface area contributed by atoms with E-state index in [1.807, 2.05) is 0 Å². The lowest BCUT2D eigenvalue weighted by Crippen LogP contribution is -2.38. The van der Waals surface area contributed by atoms with Crippen LogP contribution in [0.3, 0.4) is 0 Å². The first-order valence-electron chi connectivity index (χ1n) is 4.50. The molecule has 0 radical (unpaired) electrons. The molecule has 1 amide bonds. The Balaban J connectivity index is 2.82. The maximum Gasteiger partial charge on any atom is 0.254 e. The van der Waals surface area contributed by atoms with Crippen molar-refractivity contribution in [3.05, 3.63) is 35.4 Å². The normalized spacial score (nSPS) is 12.3. The number of hydrogen-bond acceptors (Lipinski definition) is 2. The van der Waals surface area contributed by atoms with Crippen LogP contribution in [0.2, 0.25) is 0 Å². The third-order valence-electron chi connectivity index (χ3n) is 1.91. The maximum atomic E-state index is 13.1. The standard InChI is InChI=1S/C10H12F2N2O/c1-6(5-13)14-10(15)8-3-2-7(11)4-9(8)12/h2-4,6H,5,13H2,1H3,(H,14,15). The largest absolute Gasteiger partial charge is 0.348 e. The van der Waals surface area contributed by atoms with Gasteiger partial charge in [0.1, 0.15) is 11.6 Å². The molecule has 0 heterocycles. The summed E-state index contributed by atoms with van der Waals surface area (Å²) >= 11 is 0. The van der Waals surface area contributed by atoms with Crippen LogP contribution in [0.15, 0.2) is 18.2 Å². The fraction of sp³-hybridized carbons (Fsp3) is 0.300. The lowest BCUT2D eigenvalue weighted by molar-refractivity contribution is 0.0937. The van der Waals surface area contributed by atoms with Crippen molar-refractivity contribution in [1.29, 1.82) is 0 Å². The minimum Gasteiger partial charge on any atom is -0.348 e. The van der Waals surface area contributed by atoms with E-state index >= 15 is 0 Å². The molecule has 1 aromatic carbocycles. The molecule has 0 spiro atoms. The summed E-state index contributed by atoms with van der Waals surface area (Å²) in [6.45, 7) is 1.95. The summed E-state index contributed by atoms with van der Waals surface area (Å²) in [4.78, 5) is 11.4. The Morgan fingerprint density at radius 1 is 1.53 bits per heavy atom. The average molecular weight is 214 g/mol. The first-order chi connectivity index (χ1) is 7.04. The highest BCUT2D eigenvalue weighted by atomic mass is 19.1. The SMILES string of the molecule is CC(CN)NC(=O)c1ccc(F)cc1F. The molecule has 5 heteroatoms. The van der Waals surface area contributed by atoms with Crippen molar-refractivity contribution < 1.29 is 13.6 Å². The second kappa shape index (κ2) is 4.84. The van der Waals surface area contributed by atoms with E-state index in [-0.39, 0.29) is 18.2 Å². The minimum atomic E-state index is -0.878. The molecule has 15 heavy (non-hydrogen) atoms. The molecule has 1 rings (SSSR count). The highest BCUT2D eigenvalue weighted by Gasteiger charge is 2.13. The Labute approximate surface area is 86.3 Å². The topological polar surface area (TPSA) is 55.1 Å². The molecule has 1 aromatic rings. The van der Waals surface area contributed by atoms with Gasteiger partial charge in [-0.25, -0.2) is 8.78 Å². The van der Waals surface area contributed by atoms with Crippen LogP contribution < -0.4 is 11.1 Å². The van der Waals surface area contributed by atoms with E-state index in [0.29, 0.717) is 6.07 Å². The van der Waals surface area contributed by atoms with Crippen LogP contribution in [0.25, 0.3) is 0 Å². The molecule has 1 atom stereocenters. The summed E-state index contributed by atoms with van der Waals surface area (Å²) in [5, 5.41) is 2.48. The molecule has 0 bridgehead atoms. The zero-order valence-corrected chi connectivity index (χ0v) is 8.26. The van der Waals surface area contributed by atoms with Gasteiger partial charge in [-0.15, -0.1) is 0 Å². The van der Waals surface area contributed by atoms with Crippen LogP contribution >= 0.6 is 0 Å². The van der Waals surface area contributed by atoms with E-state index in [4.69, 9.17) is 5.73 Å². The number of nitrogens with two attached hydrogens (primary N) is 1. The fourth-order valence-electron chi connectivity index (χ4n) is 1.03. The maximum absolute atomic E-state index is 13.1. The van der Waals surface area contributed by atoms with Gasteiger partial charge in [0.15, 0.2) is 0 Å². The molecule has 0 fully saturated rings. The van der Waals surface area contributed by atoms with Crippen LogP contribution in [-0.2, 0) is 0 Å². The van der Waals surface area contributed by atoms with E-state index in [0.717, 1.165) is 12.1 Å². The Hall–Kier alpha value is -1.49. The Morgan fingerprint density at radius 3 is 2.73 bits per heavy atom. The molecule has 0 aromatic heterocycles. The first kappa shape index (κ1) is 11.6. The lowest BCUT2D eigenvalue weighted by Gasteiger charge is -2.11. The molecule has 0 aliphatic carbocycles. The number of carbonyl (C=O) groups is 1. The van der Waals surface area contributed by atoms with E-state index in [1.165, 1.54) is 0 Å². The molecule has 82 valence electrons. The van der Waals surface area contributed by atoms with Gasteiger partial charge in [-0.05, 0) is 19.1 Å². The minimum absolute atomic E-state index is 0.184. The summed E-state index contributed by atoms with van der Waals surface area (Å²) in [6.07, 6.45) is 0. The van der Waals surface area contributed by atoms with Gasteiger partial charge in [-0.1, -0.05) is 0 Å². The van der Waals surface area contributed by atoms with E-state index in [9.17, 15) is 13.6 Å². The van der Waals surface area contributed by atoms with Gasteiger partial charge < -0.3 is 11.1 Å². The molecule has 0 saturated carbocycles. The van der Waals surface area contributed by atoms with Gasteiger partial charge in [0, 0.05) is 18.7 Å². The number of hydrogen-bond donors (Lipinski definition) is 2. The molecule has 0 aliphatic rings. The zero-order chi connectivity index (χ0) is 11.4. The summed E-state index contributed by atoms with van der Waals surface area (Å²) in [5.74, 6) is -2.18. The second-order valence-corrected chi connectivity index (χ2v) is 3.23. The van der Waals surface area contributed by atoms with Crippen molar-refractivity contribution in [3.63, 3.8) is 0 Å². The van der Waals surface area contributed by atoms with Crippen LogP contribution in [-0.4, -0.2) is 18.5 Å². The highest BCUT2D eigenvalue weighted by molar-refractivity contribution is 5.94. The Bertz CT molecular complexity index is 368. The molecule has 0 aliphatic heterocycles. The third kappa shape index (κ3) is 2.99. The second-order valence-electron chi connectivity index (χ2n) is 3.23. The number of carbonyl (C=O) groups excluding carboxylic acids is 1. The summed E-state index contributed by atoms with van der Waals surface area (Å²) < 4.78 is 25.7. The average Bonchev–Trinajstić information content (AvgIpc) is 2.17. The van der Waals surface area contributed by atoms with Crippen molar-refractivity contribution in [2.24, 2.45) is 5.73 Å². The molecule has 3 N–H and O–H groups in total. The van der Waals surface area contributed by atoms with Gasteiger partial charge >= 0.3 is 0 Å². The summed E-state index contributed by atoms with van der Waals surface area (Å²) in [7, 11) is 0. The van der Waals surface area contributed by atoms with Crippen molar-refractivity contribution in [1.82, 2.24) is 5.32 Å². The van der Waals surface area contributed by atoms with Gasteiger partial charge in [0.05, 0.1) is 5.56 Å². The first-order valence-corrected chi connectivity index (χ1v) is 4.50. The molecular formula is C10H12F2N2O. The third-order valence-corrected chi connectivity index (χ3v) is 1.91. The summed E-state index contributed by atoms with van der Waals surface area (Å²) in [6, 6.07) is 2.55. The quantitative estimate of drug-likeness (QED) is 0.790. The molecule has 0 saturated heterocycles. The monoisotopic (exact) mass is 214 g/mol. The van der Waals surface area contributed by atoms with Gasteiger partial charge in [-0.3, -0.25) is 4.79 Å². The number of rotatable bonds is 3. The van der Waals surface area contributed by atoms with Gasteiger partial charge in [0.25, 0.3) is 5.91 Å². The lowest BCUT2D eigenvalue weighted by atomic mass is 10.2. The van der Waals surface area contributed by atoms with E-state index < -0.39 is 17.5 Å². The highest BCUT2D eigenvalue weighted by Crippen LogP contribution is 2.09. The zero-order valence-electron chi connectivity index (χ0n) is 8.26. The predicted molar refractivity (Wildman–Crippen MR) is 52.3 cm³/mol. The van der Waals surface area contributed by atoms with Crippen molar-refractivity contribution in [3.8, 4) is 0 Å². The van der Waals surface area contributed by atoms with Crippen LogP contribution in [0.4, 0.5) is 8.78 Å². The van der Waals surface area contributed by atoms with E-state index in [2.05, 4.69) is 5.32 Å². The smallest absolute Gasteiger partial charge is 0.254 e. The van der Waals surface area contributed by atoms with Crippen molar-refractivity contribution in [2.75, 3.05) is 6.54 Å². The number of halogens is 2. The summed E-state index contributed by atoms with van der Waals surface area (Å²) in [5.41, 5.74) is 5.11. The van der Waals surface area contributed by atoms with Crippen LogP contribution in [0.1, 0.15) is 17.3 Å². The van der Waals surface area contributed by atoms with Gasteiger partial charge in [-0.2, -0.15) is 0 Å². The number of nitrogens with one attached hydrogen (secondary N) is 1. The van der Waals surface area contributed by atoms with Gasteiger partial charge in [0.2, 0.25) is 0 Å². The molecule has 1 unspecified atom stereocenters. The van der Waals surface area contributed by atoms with Crippen LogP contribution in [0, 0.1) is 11.6 Å². The van der Waals surface area contributed by atoms with Crippen LogP contribution in [0.5, 0.6) is 0 Å².